The summed E-state index contributed by atoms with van der Waals surface area (Å²) in [7, 11) is -0.336. The van der Waals surface area contributed by atoms with Crippen LogP contribution in [0.25, 0.3) is 0 Å². The highest BCUT2D eigenvalue weighted by molar-refractivity contribution is 6.62. The van der Waals surface area contributed by atoms with Crippen molar-refractivity contribution in [1.82, 2.24) is 9.80 Å². The largest absolute Gasteiger partial charge is 0.494 e. The molecule has 0 N–H and O–H groups in total. The van der Waals surface area contributed by atoms with Gasteiger partial charge in [-0.2, -0.15) is 0 Å². The molecule has 30 heavy (non-hydrogen) atoms. The van der Waals surface area contributed by atoms with E-state index in [0.717, 1.165) is 18.6 Å². The second-order valence-corrected chi connectivity index (χ2v) is 10.4. The fraction of sp³-hybridized carbons (Fsp3) is 0.696. The minimum Gasteiger partial charge on any atom is -0.444 e. The molecule has 0 radical (unpaired) electrons. The van der Waals surface area contributed by atoms with Gasteiger partial charge in [0, 0.05) is 32.2 Å². The van der Waals surface area contributed by atoms with Crippen LogP contribution in [0.15, 0.2) is 24.3 Å². The standard InChI is InChI=1S/C23H37BN2O4/c1-17(25-13-15-26(16-14-25)20(27)28-21(2,3)4)18-9-11-19(12-10-18)24-29-22(5,6)23(7,8)30-24/h9-12,17H,13-16H2,1-8H3. The summed E-state index contributed by atoms with van der Waals surface area (Å²) in [6.45, 7) is 19.2. The van der Waals surface area contributed by atoms with Crippen molar-refractivity contribution in [2.24, 2.45) is 0 Å². The van der Waals surface area contributed by atoms with E-state index in [9.17, 15) is 4.79 Å². The van der Waals surface area contributed by atoms with Gasteiger partial charge >= 0.3 is 13.2 Å². The Labute approximate surface area is 182 Å². The van der Waals surface area contributed by atoms with Crippen molar-refractivity contribution in [2.75, 3.05) is 26.2 Å². The lowest BCUT2D eigenvalue weighted by atomic mass is 9.78. The van der Waals surface area contributed by atoms with Crippen molar-refractivity contribution < 1.29 is 18.8 Å². The molecule has 0 spiro atoms. The summed E-state index contributed by atoms with van der Waals surface area (Å²) < 4.78 is 17.8. The van der Waals surface area contributed by atoms with E-state index < -0.39 is 5.60 Å². The summed E-state index contributed by atoms with van der Waals surface area (Å²) in [6, 6.07) is 8.80. The average molecular weight is 416 g/mol. The van der Waals surface area contributed by atoms with Crippen molar-refractivity contribution in [3.05, 3.63) is 29.8 Å². The normalized spacial score (nSPS) is 22.8. The van der Waals surface area contributed by atoms with Gasteiger partial charge in [-0.3, -0.25) is 4.90 Å². The first-order valence-corrected chi connectivity index (χ1v) is 11.0. The lowest BCUT2D eigenvalue weighted by Crippen LogP contribution is -2.50. The quantitative estimate of drug-likeness (QED) is 0.705. The molecule has 1 aromatic rings. The molecule has 0 bridgehead atoms. The van der Waals surface area contributed by atoms with E-state index in [-0.39, 0.29) is 30.5 Å². The molecule has 166 valence electrons. The fourth-order valence-corrected chi connectivity index (χ4v) is 3.74. The molecule has 2 heterocycles. The molecule has 2 aliphatic rings. The second kappa shape index (κ2) is 8.17. The van der Waals surface area contributed by atoms with Gasteiger partial charge in [0.05, 0.1) is 11.2 Å². The van der Waals surface area contributed by atoms with Gasteiger partial charge in [-0.1, -0.05) is 24.3 Å². The maximum absolute atomic E-state index is 12.3. The number of amides is 1. The number of piperazine rings is 1. The van der Waals surface area contributed by atoms with Crippen molar-refractivity contribution >= 4 is 18.7 Å². The molecule has 1 amide bonds. The molecule has 0 aliphatic carbocycles. The van der Waals surface area contributed by atoms with Crippen LogP contribution in [0.1, 0.15) is 67.0 Å². The van der Waals surface area contributed by atoms with Crippen LogP contribution >= 0.6 is 0 Å². The van der Waals surface area contributed by atoms with Gasteiger partial charge in [0.15, 0.2) is 0 Å². The molecule has 2 aliphatic heterocycles. The van der Waals surface area contributed by atoms with Crippen LogP contribution in [-0.2, 0) is 14.0 Å². The molecule has 2 saturated heterocycles. The van der Waals surface area contributed by atoms with Crippen LogP contribution in [0.2, 0.25) is 0 Å². The van der Waals surface area contributed by atoms with Crippen molar-refractivity contribution in [2.45, 2.75) is 78.2 Å². The van der Waals surface area contributed by atoms with Crippen LogP contribution < -0.4 is 5.46 Å². The van der Waals surface area contributed by atoms with E-state index in [2.05, 4.69) is 63.8 Å². The Morgan fingerprint density at radius 2 is 1.50 bits per heavy atom. The van der Waals surface area contributed by atoms with Crippen LogP contribution in [0.3, 0.4) is 0 Å². The van der Waals surface area contributed by atoms with Gasteiger partial charge in [-0.05, 0) is 66.4 Å². The Bertz CT molecular complexity index is 733. The van der Waals surface area contributed by atoms with E-state index in [1.54, 1.807) is 4.90 Å². The monoisotopic (exact) mass is 416 g/mol. The molecule has 2 fully saturated rings. The minimum absolute atomic E-state index is 0.221. The molecule has 3 rings (SSSR count). The number of nitrogens with zero attached hydrogens (tertiary/aromatic N) is 2. The molecule has 0 aromatic heterocycles. The van der Waals surface area contributed by atoms with E-state index in [1.807, 2.05) is 20.8 Å². The third-order valence-corrected chi connectivity index (χ3v) is 6.46. The summed E-state index contributed by atoms with van der Waals surface area (Å²) in [4.78, 5) is 16.5. The van der Waals surface area contributed by atoms with Gasteiger partial charge in [-0.15, -0.1) is 0 Å². The predicted molar refractivity (Wildman–Crippen MR) is 120 cm³/mol. The van der Waals surface area contributed by atoms with Gasteiger partial charge < -0.3 is 18.9 Å². The number of carbonyl (C=O) groups is 1. The summed E-state index contributed by atoms with van der Waals surface area (Å²) in [5.74, 6) is 0. The van der Waals surface area contributed by atoms with Gasteiger partial charge in [0.25, 0.3) is 0 Å². The molecule has 1 atom stereocenters. The Morgan fingerprint density at radius 3 is 1.97 bits per heavy atom. The highest BCUT2D eigenvalue weighted by Gasteiger charge is 2.51. The Balaban J connectivity index is 1.57. The maximum Gasteiger partial charge on any atom is 0.494 e. The van der Waals surface area contributed by atoms with Crippen LogP contribution in [-0.4, -0.2) is 66.0 Å². The average Bonchev–Trinajstić information content (AvgIpc) is 2.87. The van der Waals surface area contributed by atoms with Crippen LogP contribution in [0.5, 0.6) is 0 Å². The first-order chi connectivity index (χ1) is 13.8. The number of rotatable bonds is 3. The predicted octanol–water partition coefficient (Wildman–Crippen LogP) is 3.60. The number of hydrogen-bond donors (Lipinski definition) is 0. The van der Waals surface area contributed by atoms with Crippen LogP contribution in [0.4, 0.5) is 4.79 Å². The van der Waals surface area contributed by atoms with Gasteiger partial charge in [-0.25, -0.2) is 4.79 Å². The number of benzene rings is 1. The third kappa shape index (κ3) is 5.01. The number of ether oxygens (including phenoxy) is 1. The zero-order valence-electron chi connectivity index (χ0n) is 19.8. The van der Waals surface area contributed by atoms with E-state index in [4.69, 9.17) is 14.0 Å². The summed E-state index contributed by atoms with van der Waals surface area (Å²) in [6.07, 6.45) is -0.221. The van der Waals surface area contributed by atoms with Crippen molar-refractivity contribution in [1.29, 1.82) is 0 Å². The molecule has 7 heteroatoms. The SMILES string of the molecule is CC(c1ccc(B2OC(C)(C)C(C)(C)O2)cc1)N1CCN(C(=O)OC(C)(C)C)CC1. The Kier molecular flexibility index (Phi) is 6.29. The lowest BCUT2D eigenvalue weighted by molar-refractivity contribution is 0.00578. The molecular formula is C23H37BN2O4. The maximum atomic E-state index is 12.3. The highest BCUT2D eigenvalue weighted by Crippen LogP contribution is 2.36. The molecule has 1 aromatic carbocycles. The van der Waals surface area contributed by atoms with E-state index in [0.29, 0.717) is 13.1 Å². The van der Waals surface area contributed by atoms with E-state index >= 15 is 0 Å². The zero-order chi connectivity index (χ0) is 22.3. The smallest absolute Gasteiger partial charge is 0.444 e. The summed E-state index contributed by atoms with van der Waals surface area (Å²) in [5.41, 5.74) is 1.16. The lowest BCUT2D eigenvalue weighted by Gasteiger charge is -2.38. The van der Waals surface area contributed by atoms with Crippen molar-refractivity contribution in [3.8, 4) is 0 Å². The minimum atomic E-state index is -0.458. The third-order valence-electron chi connectivity index (χ3n) is 6.46. The molecule has 6 nitrogen and oxygen atoms in total. The number of carbonyl (C=O) groups excluding carboxylic acids is 1. The number of hydrogen-bond acceptors (Lipinski definition) is 5. The first kappa shape index (κ1) is 23.1. The fourth-order valence-electron chi connectivity index (χ4n) is 3.74. The molecule has 0 saturated carbocycles. The van der Waals surface area contributed by atoms with Gasteiger partial charge in [0.1, 0.15) is 5.60 Å². The Hall–Kier alpha value is -1.57. The van der Waals surface area contributed by atoms with Gasteiger partial charge in [0.2, 0.25) is 0 Å². The second-order valence-electron chi connectivity index (χ2n) is 10.4. The molecule has 1 unspecified atom stereocenters. The topological polar surface area (TPSA) is 51.2 Å². The zero-order valence-corrected chi connectivity index (χ0v) is 19.8. The van der Waals surface area contributed by atoms with Crippen molar-refractivity contribution in [3.63, 3.8) is 0 Å². The summed E-state index contributed by atoms with van der Waals surface area (Å²) in [5, 5.41) is 0. The summed E-state index contributed by atoms with van der Waals surface area (Å²) >= 11 is 0. The van der Waals surface area contributed by atoms with Crippen LogP contribution in [0, 0.1) is 0 Å². The first-order valence-electron chi connectivity index (χ1n) is 11.0. The highest BCUT2D eigenvalue weighted by atomic mass is 16.7. The molecular weight excluding hydrogens is 379 g/mol. The van der Waals surface area contributed by atoms with E-state index in [1.165, 1.54) is 5.56 Å². The Morgan fingerprint density at radius 1 is 1.00 bits per heavy atom.